The molecule has 0 aliphatic carbocycles. The minimum Gasteiger partial charge on any atom is -0.364 e. The molecule has 0 radical (unpaired) electrons. The van der Waals surface area contributed by atoms with Gasteiger partial charge >= 0.3 is 5.69 Å². The van der Waals surface area contributed by atoms with Crippen LogP contribution in [0.1, 0.15) is 19.8 Å². The maximum Gasteiger partial charge on any atom is 0.353 e. The van der Waals surface area contributed by atoms with Crippen molar-refractivity contribution in [1.82, 2.24) is 9.97 Å². The first-order valence-corrected chi connectivity index (χ1v) is 7.56. The predicted octanol–water partition coefficient (Wildman–Crippen LogP) is 2.37. The Bertz CT molecular complexity index is 416. The summed E-state index contributed by atoms with van der Waals surface area (Å²) >= 11 is 1.74. The third-order valence-corrected chi connectivity index (χ3v) is 3.06. The predicted molar refractivity (Wildman–Crippen MR) is 79.0 cm³/mol. The molecule has 19 heavy (non-hydrogen) atoms. The molecule has 0 saturated carbocycles. The molecule has 0 bridgehead atoms. The van der Waals surface area contributed by atoms with Crippen molar-refractivity contribution < 1.29 is 4.92 Å². The average Bonchev–Trinajstić information content (AvgIpc) is 2.41. The number of nitrogens with one attached hydrogen (secondary N) is 2. The maximum atomic E-state index is 11.1. The van der Waals surface area contributed by atoms with Crippen LogP contribution in [-0.4, -0.2) is 40.0 Å². The van der Waals surface area contributed by atoms with Crippen LogP contribution in [-0.2, 0) is 0 Å². The van der Waals surface area contributed by atoms with Crippen molar-refractivity contribution in [2.75, 3.05) is 35.7 Å². The van der Waals surface area contributed by atoms with Crippen molar-refractivity contribution in [3.63, 3.8) is 0 Å². The van der Waals surface area contributed by atoms with Gasteiger partial charge in [-0.3, -0.25) is 10.1 Å². The van der Waals surface area contributed by atoms with Gasteiger partial charge in [0.1, 0.15) is 6.33 Å². The van der Waals surface area contributed by atoms with Crippen LogP contribution in [0.3, 0.4) is 0 Å². The quantitative estimate of drug-likeness (QED) is 0.408. The molecule has 8 heteroatoms. The van der Waals surface area contributed by atoms with E-state index >= 15 is 0 Å². The van der Waals surface area contributed by atoms with Gasteiger partial charge in [0.15, 0.2) is 0 Å². The number of nitro groups is 1. The van der Waals surface area contributed by atoms with E-state index in [9.17, 15) is 10.1 Å². The highest BCUT2D eigenvalue weighted by atomic mass is 32.2. The summed E-state index contributed by atoms with van der Waals surface area (Å²) in [5.74, 6) is 1.56. The largest absolute Gasteiger partial charge is 0.364 e. The number of aromatic nitrogens is 2. The van der Waals surface area contributed by atoms with Crippen LogP contribution in [0.5, 0.6) is 0 Å². The van der Waals surface area contributed by atoms with Gasteiger partial charge in [0.2, 0.25) is 11.6 Å². The Morgan fingerprint density at radius 1 is 1.32 bits per heavy atom. The first kappa shape index (κ1) is 15.5. The Balaban J connectivity index is 2.80. The van der Waals surface area contributed by atoms with Crippen LogP contribution >= 0.6 is 11.8 Å². The second-order valence-electron chi connectivity index (χ2n) is 3.88. The maximum absolute atomic E-state index is 11.1. The Labute approximate surface area is 116 Å². The molecule has 2 N–H and O–H groups in total. The molecular formula is C11H19N5O2S. The van der Waals surface area contributed by atoms with Crippen LogP contribution in [0.2, 0.25) is 0 Å². The van der Waals surface area contributed by atoms with E-state index in [1.165, 1.54) is 6.33 Å². The lowest BCUT2D eigenvalue weighted by Gasteiger charge is -2.09. The Morgan fingerprint density at radius 3 is 2.47 bits per heavy atom. The molecule has 0 aliphatic heterocycles. The molecule has 0 aromatic carbocycles. The summed E-state index contributed by atoms with van der Waals surface area (Å²) in [6.45, 7) is 3.29. The van der Waals surface area contributed by atoms with Gasteiger partial charge in [0.25, 0.3) is 0 Å². The standard InChI is InChI=1S/C11H19N5O2S/c1-3-5-12-10-9(16(17)18)11(15-8-14-10)13-6-4-7-19-2/h8H,3-7H2,1-2H3,(H2,12,13,14,15). The summed E-state index contributed by atoms with van der Waals surface area (Å²) in [6, 6.07) is 0. The number of hydrogen-bond donors (Lipinski definition) is 2. The number of rotatable bonds is 9. The molecule has 7 nitrogen and oxygen atoms in total. The van der Waals surface area contributed by atoms with Crippen LogP contribution in [0, 0.1) is 10.1 Å². The smallest absolute Gasteiger partial charge is 0.353 e. The van der Waals surface area contributed by atoms with Crippen molar-refractivity contribution in [2.45, 2.75) is 19.8 Å². The van der Waals surface area contributed by atoms with E-state index in [-0.39, 0.29) is 17.3 Å². The molecule has 1 heterocycles. The molecule has 106 valence electrons. The molecule has 0 atom stereocenters. The van der Waals surface area contributed by atoms with Gasteiger partial charge in [0.05, 0.1) is 4.92 Å². The number of hydrogen-bond acceptors (Lipinski definition) is 7. The summed E-state index contributed by atoms with van der Waals surface area (Å²) in [6.07, 6.45) is 5.17. The summed E-state index contributed by atoms with van der Waals surface area (Å²) in [7, 11) is 0. The van der Waals surface area contributed by atoms with E-state index in [2.05, 4.69) is 20.6 Å². The molecular weight excluding hydrogens is 266 g/mol. The third-order valence-electron chi connectivity index (χ3n) is 2.36. The third kappa shape index (κ3) is 4.90. The SMILES string of the molecule is CCCNc1ncnc(NCCCSC)c1[N+](=O)[O-]. The van der Waals surface area contributed by atoms with Gasteiger partial charge < -0.3 is 10.6 Å². The van der Waals surface area contributed by atoms with Crippen molar-refractivity contribution in [3.8, 4) is 0 Å². The Hall–Kier alpha value is -1.57. The zero-order chi connectivity index (χ0) is 14.1. The Kier molecular flexibility index (Phi) is 6.94. The number of anilines is 2. The molecule has 0 aliphatic rings. The van der Waals surface area contributed by atoms with Crippen LogP contribution in [0.25, 0.3) is 0 Å². The highest BCUT2D eigenvalue weighted by Crippen LogP contribution is 2.28. The molecule has 0 spiro atoms. The molecule has 0 saturated heterocycles. The zero-order valence-corrected chi connectivity index (χ0v) is 12.0. The van der Waals surface area contributed by atoms with Crippen molar-refractivity contribution in [1.29, 1.82) is 0 Å². The second-order valence-corrected chi connectivity index (χ2v) is 4.86. The van der Waals surface area contributed by atoms with Gasteiger partial charge in [-0.1, -0.05) is 6.92 Å². The monoisotopic (exact) mass is 285 g/mol. The van der Waals surface area contributed by atoms with Gasteiger partial charge in [-0.2, -0.15) is 11.8 Å². The summed E-state index contributed by atoms with van der Waals surface area (Å²) in [4.78, 5) is 18.6. The topological polar surface area (TPSA) is 93.0 Å². The molecule has 0 unspecified atom stereocenters. The van der Waals surface area contributed by atoms with Crippen molar-refractivity contribution in [3.05, 3.63) is 16.4 Å². The first-order valence-electron chi connectivity index (χ1n) is 6.16. The van der Waals surface area contributed by atoms with Gasteiger partial charge in [0, 0.05) is 13.1 Å². The summed E-state index contributed by atoms with van der Waals surface area (Å²) < 4.78 is 0. The fourth-order valence-electron chi connectivity index (χ4n) is 1.48. The highest BCUT2D eigenvalue weighted by molar-refractivity contribution is 7.98. The van der Waals surface area contributed by atoms with Crippen LogP contribution in [0.15, 0.2) is 6.33 Å². The van der Waals surface area contributed by atoms with Gasteiger partial charge in [-0.15, -0.1) is 0 Å². The van der Waals surface area contributed by atoms with E-state index in [4.69, 9.17) is 0 Å². The van der Waals surface area contributed by atoms with Crippen LogP contribution < -0.4 is 10.6 Å². The van der Waals surface area contributed by atoms with E-state index < -0.39 is 4.92 Å². The average molecular weight is 285 g/mol. The van der Waals surface area contributed by atoms with E-state index in [1.807, 2.05) is 13.2 Å². The molecule has 1 aromatic heterocycles. The molecule has 0 amide bonds. The molecule has 1 rings (SSSR count). The minimum atomic E-state index is -0.450. The number of thioether (sulfide) groups is 1. The fraction of sp³-hybridized carbons (Fsp3) is 0.636. The summed E-state index contributed by atoms with van der Waals surface area (Å²) in [5.41, 5.74) is -0.0832. The van der Waals surface area contributed by atoms with Crippen molar-refractivity contribution in [2.24, 2.45) is 0 Å². The Morgan fingerprint density at radius 2 is 1.95 bits per heavy atom. The van der Waals surface area contributed by atoms with Crippen molar-refractivity contribution >= 4 is 29.1 Å². The molecule has 1 aromatic rings. The zero-order valence-electron chi connectivity index (χ0n) is 11.2. The van der Waals surface area contributed by atoms with E-state index in [1.54, 1.807) is 11.8 Å². The van der Waals surface area contributed by atoms with Gasteiger partial charge in [-0.25, -0.2) is 9.97 Å². The van der Waals surface area contributed by atoms with Crippen LogP contribution in [0.4, 0.5) is 17.3 Å². The normalized spacial score (nSPS) is 10.2. The fourth-order valence-corrected chi connectivity index (χ4v) is 1.91. The van der Waals surface area contributed by atoms with Gasteiger partial charge in [-0.05, 0) is 24.9 Å². The van der Waals surface area contributed by atoms with E-state index in [0.29, 0.717) is 13.1 Å². The number of nitrogens with zero attached hydrogens (tertiary/aromatic N) is 3. The lowest BCUT2D eigenvalue weighted by molar-refractivity contribution is -0.383. The molecule has 0 fully saturated rings. The first-order chi connectivity index (χ1) is 9.20. The highest BCUT2D eigenvalue weighted by Gasteiger charge is 2.22. The second kappa shape index (κ2) is 8.52. The lowest BCUT2D eigenvalue weighted by Crippen LogP contribution is -2.11. The summed E-state index contributed by atoms with van der Waals surface area (Å²) in [5, 5.41) is 17.1. The van der Waals surface area contributed by atoms with E-state index in [0.717, 1.165) is 18.6 Å². The lowest BCUT2D eigenvalue weighted by atomic mass is 10.4. The minimum absolute atomic E-state index is 0.0832.